The van der Waals surface area contributed by atoms with Crippen molar-refractivity contribution in [3.05, 3.63) is 16.4 Å². The minimum absolute atomic E-state index is 0.0839. The number of carboxylic acid groups (broad SMARTS) is 1. The molecular weight excluding hydrogens is 242 g/mol. The molecule has 0 saturated carbocycles. The van der Waals surface area contributed by atoms with E-state index in [0.29, 0.717) is 5.02 Å². The second kappa shape index (κ2) is 4.66. The normalized spacial score (nSPS) is 18.5. The summed E-state index contributed by atoms with van der Waals surface area (Å²) >= 11 is 6.12. The standard InChI is InChI=1S/C11H16ClN3O2/c1-14-5-3-7(4-6-14)9-8(12)10(11(16)17)15(2)13-9/h7H,3-6H2,1-2H3,(H,16,17). The van der Waals surface area contributed by atoms with Gasteiger partial charge in [-0.1, -0.05) is 11.6 Å². The second-order valence-electron chi connectivity index (χ2n) is 4.55. The SMILES string of the molecule is CN1CCC(c2nn(C)c(C(=O)O)c2Cl)CC1. The van der Waals surface area contributed by atoms with Crippen molar-refractivity contribution in [3.8, 4) is 0 Å². The highest BCUT2D eigenvalue weighted by Crippen LogP contribution is 2.33. The molecule has 1 aliphatic heterocycles. The number of halogens is 1. The first-order chi connectivity index (χ1) is 8.00. The van der Waals surface area contributed by atoms with Crippen LogP contribution in [0.3, 0.4) is 0 Å². The predicted octanol–water partition coefficient (Wildman–Crippen LogP) is 1.58. The molecule has 5 nitrogen and oxygen atoms in total. The molecule has 17 heavy (non-hydrogen) atoms. The van der Waals surface area contributed by atoms with Crippen LogP contribution in [0.2, 0.25) is 5.02 Å². The molecule has 6 heteroatoms. The average Bonchev–Trinajstić information content (AvgIpc) is 2.55. The van der Waals surface area contributed by atoms with Crippen LogP contribution in [0.25, 0.3) is 0 Å². The van der Waals surface area contributed by atoms with Gasteiger partial charge in [0.1, 0.15) is 0 Å². The lowest BCUT2D eigenvalue weighted by molar-refractivity contribution is 0.0685. The first kappa shape index (κ1) is 12.4. The number of hydrogen-bond donors (Lipinski definition) is 1. The zero-order valence-electron chi connectivity index (χ0n) is 9.98. The Kier molecular flexibility index (Phi) is 3.40. The number of likely N-dealkylation sites (tertiary alicyclic amines) is 1. The van der Waals surface area contributed by atoms with Crippen molar-refractivity contribution in [1.29, 1.82) is 0 Å². The van der Waals surface area contributed by atoms with E-state index in [2.05, 4.69) is 17.0 Å². The largest absolute Gasteiger partial charge is 0.476 e. The van der Waals surface area contributed by atoms with E-state index in [9.17, 15) is 4.79 Å². The monoisotopic (exact) mass is 257 g/mol. The molecule has 0 aromatic carbocycles. The quantitative estimate of drug-likeness (QED) is 0.874. The molecular formula is C11H16ClN3O2. The lowest BCUT2D eigenvalue weighted by Crippen LogP contribution is -2.29. The van der Waals surface area contributed by atoms with Crippen molar-refractivity contribution >= 4 is 17.6 Å². The summed E-state index contributed by atoms with van der Waals surface area (Å²) < 4.78 is 1.36. The molecule has 1 fully saturated rings. The Bertz CT molecular complexity index is 436. The smallest absolute Gasteiger partial charge is 0.355 e. The van der Waals surface area contributed by atoms with Gasteiger partial charge in [0.05, 0.1) is 10.7 Å². The van der Waals surface area contributed by atoms with Crippen LogP contribution in [0, 0.1) is 0 Å². The molecule has 0 spiro atoms. The summed E-state index contributed by atoms with van der Waals surface area (Å²) in [6.07, 6.45) is 1.96. The molecule has 2 rings (SSSR count). The van der Waals surface area contributed by atoms with E-state index in [4.69, 9.17) is 16.7 Å². The summed E-state index contributed by atoms with van der Waals surface area (Å²) in [5.41, 5.74) is 0.820. The van der Waals surface area contributed by atoms with Crippen LogP contribution in [0.15, 0.2) is 0 Å². The van der Waals surface area contributed by atoms with Gasteiger partial charge >= 0.3 is 5.97 Å². The Morgan fingerprint density at radius 2 is 2.00 bits per heavy atom. The van der Waals surface area contributed by atoms with Gasteiger partial charge in [-0.2, -0.15) is 5.10 Å². The number of aryl methyl sites for hydroxylation is 1. The van der Waals surface area contributed by atoms with Gasteiger partial charge < -0.3 is 10.0 Å². The third-order valence-corrected chi connectivity index (χ3v) is 3.69. The molecule has 94 valence electrons. The Balaban J connectivity index is 2.28. The van der Waals surface area contributed by atoms with Gasteiger partial charge in [0.25, 0.3) is 0 Å². The van der Waals surface area contributed by atoms with Gasteiger partial charge in [-0.15, -0.1) is 0 Å². The van der Waals surface area contributed by atoms with Crippen LogP contribution >= 0.6 is 11.6 Å². The summed E-state index contributed by atoms with van der Waals surface area (Å²) in [5, 5.41) is 13.6. The van der Waals surface area contributed by atoms with Gasteiger partial charge in [-0.05, 0) is 33.0 Å². The predicted molar refractivity (Wildman–Crippen MR) is 64.6 cm³/mol. The van der Waals surface area contributed by atoms with Crippen LogP contribution < -0.4 is 0 Å². The summed E-state index contributed by atoms with van der Waals surface area (Å²) in [7, 11) is 3.70. The second-order valence-corrected chi connectivity index (χ2v) is 4.93. The molecule has 0 bridgehead atoms. The Hall–Kier alpha value is -1.07. The van der Waals surface area contributed by atoms with Crippen molar-refractivity contribution in [2.45, 2.75) is 18.8 Å². The minimum Gasteiger partial charge on any atom is -0.476 e. The maximum atomic E-state index is 11.0. The number of hydrogen-bond acceptors (Lipinski definition) is 3. The fraction of sp³-hybridized carbons (Fsp3) is 0.636. The zero-order valence-corrected chi connectivity index (χ0v) is 10.7. The van der Waals surface area contributed by atoms with Gasteiger partial charge in [0.15, 0.2) is 5.69 Å². The molecule has 0 unspecified atom stereocenters. The van der Waals surface area contributed by atoms with E-state index >= 15 is 0 Å². The average molecular weight is 258 g/mol. The van der Waals surface area contributed by atoms with Crippen LogP contribution in [-0.4, -0.2) is 45.9 Å². The van der Waals surface area contributed by atoms with Crippen LogP contribution in [0.5, 0.6) is 0 Å². The van der Waals surface area contributed by atoms with Crippen molar-refractivity contribution in [2.75, 3.05) is 20.1 Å². The highest BCUT2D eigenvalue weighted by Gasteiger charge is 2.27. The van der Waals surface area contributed by atoms with E-state index in [0.717, 1.165) is 31.6 Å². The van der Waals surface area contributed by atoms with Crippen molar-refractivity contribution < 1.29 is 9.90 Å². The molecule has 1 saturated heterocycles. The summed E-state index contributed by atoms with van der Waals surface area (Å²) in [5.74, 6) is -0.748. The van der Waals surface area contributed by atoms with Gasteiger partial charge in [0, 0.05) is 13.0 Å². The summed E-state index contributed by atoms with van der Waals surface area (Å²) in [4.78, 5) is 13.3. The fourth-order valence-electron chi connectivity index (χ4n) is 2.29. The minimum atomic E-state index is -1.02. The lowest BCUT2D eigenvalue weighted by Gasteiger charge is -2.27. The van der Waals surface area contributed by atoms with Crippen LogP contribution in [0.1, 0.15) is 34.9 Å². The summed E-state index contributed by atoms with van der Waals surface area (Å²) in [6.45, 7) is 2.00. The van der Waals surface area contributed by atoms with Crippen molar-refractivity contribution in [2.24, 2.45) is 7.05 Å². The third kappa shape index (κ3) is 2.30. The van der Waals surface area contributed by atoms with E-state index < -0.39 is 5.97 Å². The number of carboxylic acids is 1. The first-order valence-corrected chi connectivity index (χ1v) is 6.02. The number of carbonyl (C=O) groups is 1. The third-order valence-electron chi connectivity index (χ3n) is 3.32. The Labute approximate surface area is 105 Å². The topological polar surface area (TPSA) is 58.4 Å². The molecule has 2 heterocycles. The molecule has 1 N–H and O–H groups in total. The lowest BCUT2D eigenvalue weighted by atomic mass is 9.93. The van der Waals surface area contributed by atoms with Gasteiger partial charge in [0.2, 0.25) is 0 Å². The maximum Gasteiger partial charge on any atom is 0.355 e. The van der Waals surface area contributed by atoms with Crippen LogP contribution in [0.4, 0.5) is 0 Å². The van der Waals surface area contributed by atoms with E-state index in [1.54, 1.807) is 7.05 Å². The number of aromatic nitrogens is 2. The fourth-order valence-corrected chi connectivity index (χ4v) is 2.69. The zero-order chi connectivity index (χ0) is 12.6. The molecule has 0 atom stereocenters. The molecule has 0 aliphatic carbocycles. The summed E-state index contributed by atoms with van der Waals surface area (Å²) in [6, 6.07) is 0. The number of piperidine rings is 1. The van der Waals surface area contributed by atoms with Crippen molar-refractivity contribution in [1.82, 2.24) is 14.7 Å². The van der Waals surface area contributed by atoms with E-state index in [-0.39, 0.29) is 11.6 Å². The first-order valence-electron chi connectivity index (χ1n) is 5.65. The van der Waals surface area contributed by atoms with Gasteiger partial charge in [-0.25, -0.2) is 4.79 Å². The molecule has 0 radical (unpaired) electrons. The Morgan fingerprint density at radius 3 is 2.47 bits per heavy atom. The molecule has 1 aromatic rings. The van der Waals surface area contributed by atoms with Crippen molar-refractivity contribution in [3.63, 3.8) is 0 Å². The highest BCUT2D eigenvalue weighted by molar-refractivity contribution is 6.34. The Morgan fingerprint density at radius 1 is 1.41 bits per heavy atom. The highest BCUT2D eigenvalue weighted by atomic mass is 35.5. The van der Waals surface area contributed by atoms with E-state index in [1.807, 2.05) is 0 Å². The number of nitrogens with zero attached hydrogens (tertiary/aromatic N) is 3. The maximum absolute atomic E-state index is 11.0. The molecule has 1 aliphatic rings. The van der Waals surface area contributed by atoms with Gasteiger partial charge in [-0.3, -0.25) is 4.68 Å². The molecule has 0 amide bonds. The number of rotatable bonds is 2. The van der Waals surface area contributed by atoms with Crippen LogP contribution in [-0.2, 0) is 7.05 Å². The number of aromatic carboxylic acids is 1. The molecule has 1 aromatic heterocycles. The van der Waals surface area contributed by atoms with E-state index in [1.165, 1.54) is 4.68 Å².